The minimum atomic E-state index is -0.555. The number of ether oxygens (including phenoxy) is 1. The van der Waals surface area contributed by atoms with Crippen molar-refractivity contribution in [1.29, 1.82) is 0 Å². The second kappa shape index (κ2) is 7.66. The van der Waals surface area contributed by atoms with Gasteiger partial charge in [0.2, 0.25) is 0 Å². The van der Waals surface area contributed by atoms with Crippen LogP contribution >= 0.6 is 23.8 Å². The van der Waals surface area contributed by atoms with E-state index in [2.05, 4.69) is 5.32 Å². The highest BCUT2D eigenvalue weighted by atomic mass is 35.5. The van der Waals surface area contributed by atoms with Crippen LogP contribution in [-0.4, -0.2) is 24.0 Å². The van der Waals surface area contributed by atoms with E-state index in [4.69, 9.17) is 28.6 Å². The van der Waals surface area contributed by atoms with Crippen molar-refractivity contribution in [2.75, 3.05) is 12.0 Å². The van der Waals surface area contributed by atoms with Gasteiger partial charge in [0, 0.05) is 10.6 Å². The van der Waals surface area contributed by atoms with E-state index in [1.807, 2.05) is 36.4 Å². The van der Waals surface area contributed by atoms with E-state index < -0.39 is 11.8 Å². The van der Waals surface area contributed by atoms with Crippen molar-refractivity contribution in [3.8, 4) is 5.75 Å². The predicted octanol–water partition coefficient (Wildman–Crippen LogP) is 4.33. The normalized spacial score (nSPS) is 15.7. The topological polar surface area (TPSA) is 58.6 Å². The maximum Gasteiger partial charge on any atom is 0.270 e. The van der Waals surface area contributed by atoms with Crippen molar-refractivity contribution in [2.45, 2.75) is 0 Å². The van der Waals surface area contributed by atoms with Crippen LogP contribution in [0.2, 0.25) is 5.02 Å². The maximum absolute atomic E-state index is 13.2. The van der Waals surface area contributed by atoms with Gasteiger partial charge in [0.1, 0.15) is 11.3 Å². The summed E-state index contributed by atoms with van der Waals surface area (Å²) in [5, 5.41) is 4.97. The van der Waals surface area contributed by atoms with Crippen LogP contribution in [0.4, 0.5) is 5.69 Å². The van der Waals surface area contributed by atoms with Crippen molar-refractivity contribution in [3.63, 3.8) is 0 Å². The van der Waals surface area contributed by atoms with E-state index in [-0.39, 0.29) is 10.7 Å². The Morgan fingerprint density at radius 3 is 2.48 bits per heavy atom. The van der Waals surface area contributed by atoms with Crippen LogP contribution in [0.5, 0.6) is 5.75 Å². The Bertz CT molecular complexity index is 1190. The maximum atomic E-state index is 13.2. The summed E-state index contributed by atoms with van der Waals surface area (Å²) in [6.45, 7) is 0. The monoisotopic (exact) mass is 422 g/mol. The van der Waals surface area contributed by atoms with Gasteiger partial charge in [0.05, 0.1) is 12.8 Å². The molecule has 4 rings (SSSR count). The Kier molecular flexibility index (Phi) is 5.05. The molecule has 3 aromatic carbocycles. The molecule has 29 heavy (non-hydrogen) atoms. The van der Waals surface area contributed by atoms with Crippen LogP contribution in [0.25, 0.3) is 16.8 Å². The Balaban J connectivity index is 1.86. The first-order chi connectivity index (χ1) is 14.0. The fourth-order valence-electron chi connectivity index (χ4n) is 3.23. The smallest absolute Gasteiger partial charge is 0.270 e. The summed E-state index contributed by atoms with van der Waals surface area (Å²) >= 11 is 11.2. The van der Waals surface area contributed by atoms with Crippen LogP contribution in [0.3, 0.4) is 0 Å². The molecule has 1 aliphatic heterocycles. The van der Waals surface area contributed by atoms with Crippen molar-refractivity contribution in [2.24, 2.45) is 0 Å². The van der Waals surface area contributed by atoms with E-state index >= 15 is 0 Å². The van der Waals surface area contributed by atoms with Gasteiger partial charge in [-0.15, -0.1) is 0 Å². The van der Waals surface area contributed by atoms with E-state index in [1.165, 1.54) is 4.90 Å². The second-order valence-electron chi connectivity index (χ2n) is 6.34. The number of rotatable bonds is 3. The highest BCUT2D eigenvalue weighted by Crippen LogP contribution is 2.31. The molecule has 0 radical (unpaired) electrons. The van der Waals surface area contributed by atoms with Crippen molar-refractivity contribution in [3.05, 3.63) is 76.8 Å². The number of halogens is 1. The molecular formula is C22H15ClN2O3S. The zero-order valence-corrected chi connectivity index (χ0v) is 16.9. The third kappa shape index (κ3) is 3.48. The first-order valence-corrected chi connectivity index (χ1v) is 9.51. The number of fused-ring (bicyclic) bond motifs is 1. The predicted molar refractivity (Wildman–Crippen MR) is 118 cm³/mol. The molecule has 1 heterocycles. The molecule has 0 atom stereocenters. The minimum absolute atomic E-state index is 0.0179. The van der Waals surface area contributed by atoms with E-state index in [9.17, 15) is 9.59 Å². The van der Waals surface area contributed by atoms with E-state index in [0.29, 0.717) is 22.0 Å². The summed E-state index contributed by atoms with van der Waals surface area (Å²) in [6.07, 6.45) is 1.55. The second-order valence-corrected chi connectivity index (χ2v) is 7.16. The molecule has 0 bridgehead atoms. The van der Waals surface area contributed by atoms with Crippen LogP contribution in [0.15, 0.2) is 66.2 Å². The van der Waals surface area contributed by atoms with Crippen LogP contribution in [0.1, 0.15) is 5.56 Å². The number of nitrogens with one attached hydrogen (secondary N) is 1. The van der Waals surface area contributed by atoms with Crippen molar-refractivity contribution in [1.82, 2.24) is 5.32 Å². The standard InChI is InChI=1S/C22H15ClN2O3S/c1-28-19-11-6-13-4-2-3-5-16(13)17(19)12-18-20(26)24-22(29)25(21(18)27)15-9-7-14(23)8-10-15/h2-12H,1H3,(H,24,26,29). The minimum Gasteiger partial charge on any atom is -0.496 e. The lowest BCUT2D eigenvalue weighted by Crippen LogP contribution is -2.54. The first-order valence-electron chi connectivity index (χ1n) is 8.72. The number of hydrogen-bond acceptors (Lipinski definition) is 4. The number of carbonyl (C=O) groups excluding carboxylic acids is 2. The van der Waals surface area contributed by atoms with Crippen molar-refractivity contribution < 1.29 is 14.3 Å². The zero-order chi connectivity index (χ0) is 20.5. The zero-order valence-electron chi connectivity index (χ0n) is 15.3. The summed E-state index contributed by atoms with van der Waals surface area (Å²) in [7, 11) is 1.55. The van der Waals surface area contributed by atoms with Crippen LogP contribution in [0, 0.1) is 0 Å². The molecule has 1 N–H and O–H groups in total. The molecule has 0 aromatic heterocycles. The summed E-state index contributed by atoms with van der Waals surface area (Å²) in [4.78, 5) is 27.1. The van der Waals surface area contributed by atoms with Gasteiger partial charge in [0.15, 0.2) is 5.11 Å². The highest BCUT2D eigenvalue weighted by Gasteiger charge is 2.34. The molecule has 5 nitrogen and oxygen atoms in total. The van der Waals surface area contributed by atoms with Crippen LogP contribution < -0.4 is 15.0 Å². The molecule has 2 amide bonds. The summed E-state index contributed by atoms with van der Waals surface area (Å²) in [5.74, 6) is -0.515. The fourth-order valence-corrected chi connectivity index (χ4v) is 3.64. The lowest BCUT2D eigenvalue weighted by atomic mass is 9.99. The molecule has 144 valence electrons. The first kappa shape index (κ1) is 19.1. The van der Waals surface area contributed by atoms with Gasteiger partial charge in [-0.25, -0.2) is 0 Å². The fraction of sp³-hybridized carbons (Fsp3) is 0.0455. The van der Waals surface area contributed by atoms with Gasteiger partial charge in [-0.3, -0.25) is 19.8 Å². The number of hydrogen-bond donors (Lipinski definition) is 1. The van der Waals surface area contributed by atoms with Gasteiger partial charge in [-0.2, -0.15) is 0 Å². The van der Waals surface area contributed by atoms with Gasteiger partial charge in [-0.1, -0.05) is 41.9 Å². The third-order valence-corrected chi connectivity index (χ3v) is 5.16. The summed E-state index contributed by atoms with van der Waals surface area (Å²) < 4.78 is 5.47. The largest absolute Gasteiger partial charge is 0.496 e. The number of nitrogens with zero attached hydrogens (tertiary/aromatic N) is 1. The van der Waals surface area contributed by atoms with E-state index in [0.717, 1.165) is 10.8 Å². The molecule has 1 aliphatic rings. The van der Waals surface area contributed by atoms with Gasteiger partial charge in [0.25, 0.3) is 11.8 Å². The molecule has 1 saturated heterocycles. The number of benzene rings is 3. The van der Waals surface area contributed by atoms with Gasteiger partial charge in [-0.05, 0) is 59.4 Å². The average molecular weight is 423 g/mol. The molecule has 0 spiro atoms. The molecule has 0 unspecified atom stereocenters. The highest BCUT2D eigenvalue weighted by molar-refractivity contribution is 7.80. The number of methoxy groups -OCH3 is 1. The molecule has 3 aromatic rings. The van der Waals surface area contributed by atoms with Crippen LogP contribution in [-0.2, 0) is 9.59 Å². The molecular weight excluding hydrogens is 408 g/mol. The molecule has 0 saturated carbocycles. The Labute approximate surface area is 177 Å². The number of carbonyl (C=O) groups is 2. The van der Waals surface area contributed by atoms with Gasteiger partial charge >= 0.3 is 0 Å². The lowest BCUT2D eigenvalue weighted by molar-refractivity contribution is -0.122. The Hall–Kier alpha value is -3.22. The van der Waals surface area contributed by atoms with Crippen molar-refractivity contribution >= 4 is 63.3 Å². The summed E-state index contributed by atoms with van der Waals surface area (Å²) in [6, 6.07) is 18.1. The lowest BCUT2D eigenvalue weighted by Gasteiger charge is -2.29. The molecule has 1 fully saturated rings. The van der Waals surface area contributed by atoms with Gasteiger partial charge < -0.3 is 4.74 Å². The number of amides is 2. The third-order valence-electron chi connectivity index (χ3n) is 4.63. The SMILES string of the molecule is COc1ccc2ccccc2c1C=C1C(=O)NC(=S)N(c2ccc(Cl)cc2)C1=O. The average Bonchev–Trinajstić information content (AvgIpc) is 2.72. The van der Waals surface area contributed by atoms with E-state index in [1.54, 1.807) is 37.5 Å². The quantitative estimate of drug-likeness (QED) is 0.387. The number of anilines is 1. The Morgan fingerprint density at radius 1 is 1.03 bits per heavy atom. The molecule has 0 aliphatic carbocycles. The summed E-state index contributed by atoms with van der Waals surface area (Å²) in [5.41, 5.74) is 1.12. The molecule has 7 heteroatoms. The number of thiocarbonyl (C=S) groups is 1. The Morgan fingerprint density at radius 2 is 1.76 bits per heavy atom.